The summed E-state index contributed by atoms with van der Waals surface area (Å²) in [6, 6.07) is 2.16. The number of pyridine rings is 1. The van der Waals surface area contributed by atoms with Gasteiger partial charge in [-0.15, -0.1) is 0 Å². The van der Waals surface area contributed by atoms with Gasteiger partial charge in [0.15, 0.2) is 0 Å². The fraction of sp³-hybridized carbons (Fsp3) is 0.643. The van der Waals surface area contributed by atoms with Gasteiger partial charge in [-0.2, -0.15) is 0 Å². The lowest BCUT2D eigenvalue weighted by Gasteiger charge is -2.26. The first-order valence-electron chi connectivity index (χ1n) is 6.67. The van der Waals surface area contributed by atoms with Gasteiger partial charge < -0.3 is 10.2 Å². The highest BCUT2D eigenvalue weighted by Crippen LogP contribution is 2.32. The topological polar surface area (TPSA) is 28.2 Å². The van der Waals surface area contributed by atoms with E-state index in [4.69, 9.17) is 0 Å². The van der Waals surface area contributed by atoms with E-state index in [1.54, 1.807) is 0 Å². The van der Waals surface area contributed by atoms with Gasteiger partial charge in [-0.05, 0) is 38.3 Å². The predicted molar refractivity (Wildman–Crippen MR) is 72.2 cm³/mol. The summed E-state index contributed by atoms with van der Waals surface area (Å²) in [5.74, 6) is 0.928. The van der Waals surface area contributed by atoms with Crippen molar-refractivity contribution in [3.63, 3.8) is 0 Å². The zero-order valence-electron chi connectivity index (χ0n) is 10.9. The normalized spacial score (nSPS) is 14.9. The van der Waals surface area contributed by atoms with E-state index in [-0.39, 0.29) is 0 Å². The molecule has 94 valence electrons. The number of rotatable bonds is 7. The van der Waals surface area contributed by atoms with Crippen LogP contribution in [0.5, 0.6) is 0 Å². The first kappa shape index (κ1) is 12.4. The van der Waals surface area contributed by atoms with Gasteiger partial charge in [0, 0.05) is 43.3 Å². The number of hydrogen-bond acceptors (Lipinski definition) is 3. The monoisotopic (exact) mass is 233 g/mol. The van der Waals surface area contributed by atoms with Gasteiger partial charge in [0.2, 0.25) is 0 Å². The highest BCUT2D eigenvalue weighted by Gasteiger charge is 2.24. The average molecular weight is 233 g/mol. The van der Waals surface area contributed by atoms with Crippen molar-refractivity contribution < 1.29 is 0 Å². The van der Waals surface area contributed by atoms with E-state index in [9.17, 15) is 0 Å². The van der Waals surface area contributed by atoms with E-state index >= 15 is 0 Å². The summed E-state index contributed by atoms with van der Waals surface area (Å²) in [6.45, 7) is 5.51. The zero-order chi connectivity index (χ0) is 12.1. The van der Waals surface area contributed by atoms with Crippen LogP contribution in [0.4, 0.5) is 5.69 Å². The molecular weight excluding hydrogens is 210 g/mol. The molecule has 0 aromatic carbocycles. The third-order valence-electron chi connectivity index (χ3n) is 3.25. The molecule has 1 aromatic heterocycles. The Kier molecular flexibility index (Phi) is 4.37. The van der Waals surface area contributed by atoms with Crippen molar-refractivity contribution in [1.82, 2.24) is 10.3 Å². The highest BCUT2D eigenvalue weighted by molar-refractivity contribution is 5.52. The van der Waals surface area contributed by atoms with Crippen LogP contribution in [0.25, 0.3) is 0 Å². The van der Waals surface area contributed by atoms with Crippen LogP contribution in [0.2, 0.25) is 0 Å². The molecule has 0 unspecified atom stereocenters. The molecule has 17 heavy (non-hydrogen) atoms. The molecule has 0 amide bonds. The Morgan fingerprint density at radius 1 is 1.47 bits per heavy atom. The van der Waals surface area contributed by atoms with Crippen molar-refractivity contribution in [3.05, 3.63) is 24.0 Å². The van der Waals surface area contributed by atoms with Crippen LogP contribution in [0.3, 0.4) is 0 Å². The molecule has 0 bridgehead atoms. The van der Waals surface area contributed by atoms with E-state index < -0.39 is 0 Å². The van der Waals surface area contributed by atoms with Crippen molar-refractivity contribution >= 4 is 5.69 Å². The maximum atomic E-state index is 4.23. The smallest absolute Gasteiger partial charge is 0.0442 e. The van der Waals surface area contributed by atoms with Crippen LogP contribution in [-0.2, 0) is 6.54 Å². The molecule has 1 aromatic rings. The lowest BCUT2D eigenvalue weighted by atomic mass is 10.2. The van der Waals surface area contributed by atoms with Crippen LogP contribution >= 0.6 is 0 Å². The van der Waals surface area contributed by atoms with E-state index in [1.165, 1.54) is 37.1 Å². The average Bonchev–Trinajstić information content (AvgIpc) is 3.14. The number of hydrogen-bond donors (Lipinski definition) is 1. The van der Waals surface area contributed by atoms with E-state index in [1.807, 2.05) is 19.4 Å². The molecule has 1 saturated carbocycles. The highest BCUT2D eigenvalue weighted by atomic mass is 15.1. The van der Waals surface area contributed by atoms with Gasteiger partial charge in [-0.25, -0.2) is 0 Å². The third-order valence-corrected chi connectivity index (χ3v) is 3.25. The Balaban J connectivity index is 2.14. The van der Waals surface area contributed by atoms with E-state index in [0.29, 0.717) is 0 Å². The summed E-state index contributed by atoms with van der Waals surface area (Å²) in [5.41, 5.74) is 2.67. The first-order chi connectivity index (χ1) is 8.35. The molecular formula is C14H23N3. The molecule has 1 heterocycles. The van der Waals surface area contributed by atoms with E-state index in [2.05, 4.69) is 28.2 Å². The van der Waals surface area contributed by atoms with Crippen molar-refractivity contribution in [2.45, 2.75) is 32.7 Å². The summed E-state index contributed by atoms with van der Waals surface area (Å²) < 4.78 is 0. The molecule has 3 heteroatoms. The molecule has 0 spiro atoms. The Morgan fingerprint density at radius 3 is 2.94 bits per heavy atom. The third kappa shape index (κ3) is 3.43. The molecule has 1 aliphatic carbocycles. The Hall–Kier alpha value is -1.09. The summed E-state index contributed by atoms with van der Waals surface area (Å²) in [7, 11) is 1.99. The molecule has 0 radical (unpaired) electrons. The predicted octanol–water partition coefficient (Wildman–Crippen LogP) is 2.43. The van der Waals surface area contributed by atoms with Crippen LogP contribution in [0.1, 0.15) is 31.7 Å². The van der Waals surface area contributed by atoms with Crippen LogP contribution in [0, 0.1) is 5.92 Å². The van der Waals surface area contributed by atoms with Gasteiger partial charge in [0.05, 0.1) is 0 Å². The molecule has 1 aliphatic rings. The van der Waals surface area contributed by atoms with Crippen molar-refractivity contribution in [2.24, 2.45) is 5.92 Å². The summed E-state index contributed by atoms with van der Waals surface area (Å²) in [5, 5.41) is 3.22. The molecule has 1 N–H and O–H groups in total. The lowest BCUT2D eigenvalue weighted by Crippen LogP contribution is -2.28. The van der Waals surface area contributed by atoms with Crippen molar-refractivity contribution in [1.29, 1.82) is 0 Å². The van der Waals surface area contributed by atoms with E-state index in [0.717, 1.165) is 19.0 Å². The standard InChI is InChI=1S/C14H23N3/c1-3-8-17(11-12-4-5-12)14-6-7-16-10-13(14)9-15-2/h6-7,10,12,15H,3-5,8-9,11H2,1-2H3. The molecule has 1 fully saturated rings. The zero-order valence-corrected chi connectivity index (χ0v) is 10.9. The molecule has 3 nitrogen and oxygen atoms in total. The summed E-state index contributed by atoms with van der Waals surface area (Å²) in [6.07, 6.45) is 7.92. The van der Waals surface area contributed by atoms with Crippen LogP contribution < -0.4 is 10.2 Å². The van der Waals surface area contributed by atoms with Crippen molar-refractivity contribution in [3.8, 4) is 0 Å². The molecule has 0 atom stereocenters. The SMILES string of the molecule is CCCN(CC1CC1)c1ccncc1CNC. The lowest BCUT2D eigenvalue weighted by molar-refractivity contribution is 0.698. The van der Waals surface area contributed by atoms with Crippen molar-refractivity contribution in [2.75, 3.05) is 25.0 Å². The summed E-state index contributed by atoms with van der Waals surface area (Å²) >= 11 is 0. The quantitative estimate of drug-likeness (QED) is 0.784. The second kappa shape index (κ2) is 6.01. The molecule has 0 saturated heterocycles. The minimum absolute atomic E-state index is 0.897. The summed E-state index contributed by atoms with van der Waals surface area (Å²) in [4.78, 5) is 6.77. The number of nitrogens with zero attached hydrogens (tertiary/aromatic N) is 2. The first-order valence-corrected chi connectivity index (χ1v) is 6.67. The minimum atomic E-state index is 0.897. The van der Waals surface area contributed by atoms with Crippen LogP contribution in [0.15, 0.2) is 18.5 Å². The number of anilines is 1. The molecule has 2 rings (SSSR count). The second-order valence-corrected chi connectivity index (χ2v) is 4.92. The Labute approximate surface area is 104 Å². The number of aromatic nitrogens is 1. The fourth-order valence-electron chi connectivity index (χ4n) is 2.25. The fourth-order valence-corrected chi connectivity index (χ4v) is 2.25. The number of nitrogens with one attached hydrogen (secondary N) is 1. The van der Waals surface area contributed by atoms with Gasteiger partial charge in [0.1, 0.15) is 0 Å². The minimum Gasteiger partial charge on any atom is -0.371 e. The Bertz CT molecular complexity index is 347. The second-order valence-electron chi connectivity index (χ2n) is 4.92. The maximum absolute atomic E-state index is 4.23. The van der Waals surface area contributed by atoms with Gasteiger partial charge >= 0.3 is 0 Å². The molecule has 0 aliphatic heterocycles. The van der Waals surface area contributed by atoms with Gasteiger partial charge in [-0.3, -0.25) is 4.98 Å². The van der Waals surface area contributed by atoms with Gasteiger partial charge in [-0.1, -0.05) is 6.92 Å². The maximum Gasteiger partial charge on any atom is 0.0442 e. The van der Waals surface area contributed by atoms with Gasteiger partial charge in [0.25, 0.3) is 0 Å². The largest absolute Gasteiger partial charge is 0.371 e. The van der Waals surface area contributed by atoms with Crippen LogP contribution in [-0.4, -0.2) is 25.1 Å². The Morgan fingerprint density at radius 2 is 2.29 bits per heavy atom.